The number of oxime groups is 1. The van der Waals surface area contributed by atoms with Gasteiger partial charge < -0.3 is 29.2 Å². The van der Waals surface area contributed by atoms with Gasteiger partial charge in [0.05, 0.1) is 0 Å². The third kappa shape index (κ3) is 2.77. The zero-order chi connectivity index (χ0) is 8.10. The maximum atomic E-state index is 8.30. The lowest BCUT2D eigenvalue weighted by molar-refractivity contribution is -0.694. The van der Waals surface area contributed by atoms with Crippen LogP contribution in [0.3, 0.4) is 0 Å². The standard InChI is InChI=1S/C8H10N2O.HI/c1-2-10-6-4-3-5-8(10)7-9-11;/h3-7H,2H2,1H3;1H. The molecule has 0 saturated heterocycles. The Balaban J connectivity index is 0.00000121. The minimum atomic E-state index is 0. The molecule has 1 heterocycles. The third-order valence-electron chi connectivity index (χ3n) is 1.51. The van der Waals surface area contributed by atoms with E-state index in [0.29, 0.717) is 0 Å². The van der Waals surface area contributed by atoms with Crippen LogP contribution in [0.2, 0.25) is 0 Å². The number of hydrogen-bond acceptors (Lipinski definition) is 2. The van der Waals surface area contributed by atoms with E-state index in [4.69, 9.17) is 5.21 Å². The fourth-order valence-corrected chi connectivity index (χ4v) is 0.954. The second-order valence-electron chi connectivity index (χ2n) is 2.16. The number of pyridine rings is 1. The van der Waals surface area contributed by atoms with E-state index in [0.717, 1.165) is 12.2 Å². The number of aromatic nitrogens is 1. The lowest BCUT2D eigenvalue weighted by Gasteiger charge is -1.93. The lowest BCUT2D eigenvalue weighted by Crippen LogP contribution is -3.00. The summed E-state index contributed by atoms with van der Waals surface area (Å²) in [6.07, 6.45) is 3.36. The molecule has 0 aliphatic carbocycles. The molecule has 0 saturated carbocycles. The number of nitrogens with zero attached hydrogens (tertiary/aromatic N) is 2. The monoisotopic (exact) mass is 278 g/mol. The minimum absolute atomic E-state index is 0. The average molecular weight is 278 g/mol. The van der Waals surface area contributed by atoms with E-state index in [-0.39, 0.29) is 24.0 Å². The molecule has 1 aromatic heterocycles. The van der Waals surface area contributed by atoms with Crippen molar-refractivity contribution in [3.8, 4) is 0 Å². The van der Waals surface area contributed by atoms with Gasteiger partial charge in [0.1, 0.15) is 12.8 Å². The number of halogens is 1. The van der Waals surface area contributed by atoms with Crippen LogP contribution in [0.4, 0.5) is 0 Å². The van der Waals surface area contributed by atoms with Crippen molar-refractivity contribution < 1.29 is 33.8 Å². The van der Waals surface area contributed by atoms with Crippen molar-refractivity contribution >= 4 is 6.21 Å². The molecule has 0 aromatic carbocycles. The first-order chi connectivity index (χ1) is 5.38. The Morgan fingerprint density at radius 3 is 2.92 bits per heavy atom. The van der Waals surface area contributed by atoms with E-state index in [1.807, 2.05) is 35.9 Å². The predicted molar refractivity (Wildman–Crippen MR) is 41.7 cm³/mol. The Kier molecular flexibility index (Phi) is 5.61. The van der Waals surface area contributed by atoms with Crippen molar-refractivity contribution in [2.24, 2.45) is 5.16 Å². The van der Waals surface area contributed by atoms with Gasteiger partial charge in [0, 0.05) is 12.1 Å². The van der Waals surface area contributed by atoms with Crippen molar-refractivity contribution in [2.45, 2.75) is 13.5 Å². The normalized spacial score (nSPS) is 9.75. The molecule has 3 nitrogen and oxygen atoms in total. The lowest BCUT2D eigenvalue weighted by atomic mass is 10.3. The second kappa shape index (κ2) is 5.93. The molecule has 0 aliphatic rings. The summed E-state index contributed by atoms with van der Waals surface area (Å²) >= 11 is 0. The van der Waals surface area contributed by atoms with Gasteiger partial charge in [-0.2, -0.15) is 4.57 Å². The first-order valence-electron chi connectivity index (χ1n) is 3.54. The molecule has 4 heteroatoms. The van der Waals surface area contributed by atoms with Gasteiger partial charge in [0.25, 0.3) is 0 Å². The van der Waals surface area contributed by atoms with Crippen LogP contribution in [0.25, 0.3) is 0 Å². The predicted octanol–water partition coefficient (Wildman–Crippen LogP) is -2.19. The molecule has 0 aliphatic heterocycles. The molecule has 1 rings (SSSR count). The Bertz CT molecular complexity index is 263. The Hall–Kier alpha value is -0.650. The van der Waals surface area contributed by atoms with Gasteiger partial charge in [-0.15, -0.1) is 0 Å². The SMILES string of the molecule is CC[n+]1ccccc1/C=N/O.[I-]. The van der Waals surface area contributed by atoms with E-state index in [1.165, 1.54) is 6.21 Å². The average Bonchev–Trinajstić information content (AvgIpc) is 2.06. The maximum absolute atomic E-state index is 8.30. The molecule has 0 amide bonds. The molecule has 1 aromatic rings. The molecule has 0 atom stereocenters. The van der Waals surface area contributed by atoms with Crippen LogP contribution in [0, 0.1) is 0 Å². The van der Waals surface area contributed by atoms with Crippen molar-refractivity contribution in [3.05, 3.63) is 30.1 Å². The molecule has 0 bridgehead atoms. The van der Waals surface area contributed by atoms with Crippen LogP contribution in [0.15, 0.2) is 29.6 Å². The van der Waals surface area contributed by atoms with Crippen LogP contribution in [0.1, 0.15) is 12.6 Å². The van der Waals surface area contributed by atoms with E-state index in [9.17, 15) is 0 Å². The topological polar surface area (TPSA) is 36.5 Å². The summed E-state index contributed by atoms with van der Waals surface area (Å²) in [6.45, 7) is 2.91. The van der Waals surface area contributed by atoms with Crippen molar-refractivity contribution in [2.75, 3.05) is 0 Å². The fourth-order valence-electron chi connectivity index (χ4n) is 0.954. The second-order valence-corrected chi connectivity index (χ2v) is 2.16. The molecule has 1 N–H and O–H groups in total. The first kappa shape index (κ1) is 11.4. The third-order valence-corrected chi connectivity index (χ3v) is 1.51. The molecule has 0 unspecified atom stereocenters. The van der Waals surface area contributed by atoms with Gasteiger partial charge in [-0.05, 0) is 13.0 Å². The maximum Gasteiger partial charge on any atom is 0.227 e. The summed E-state index contributed by atoms with van der Waals surface area (Å²) in [7, 11) is 0. The van der Waals surface area contributed by atoms with Gasteiger partial charge in [-0.1, -0.05) is 5.16 Å². The van der Waals surface area contributed by atoms with Crippen molar-refractivity contribution in [3.63, 3.8) is 0 Å². The van der Waals surface area contributed by atoms with E-state index in [1.54, 1.807) is 0 Å². The fraction of sp³-hybridized carbons (Fsp3) is 0.250. The van der Waals surface area contributed by atoms with Crippen LogP contribution in [0.5, 0.6) is 0 Å². The summed E-state index contributed by atoms with van der Waals surface area (Å²) in [5.41, 5.74) is 0.900. The van der Waals surface area contributed by atoms with Gasteiger partial charge >= 0.3 is 0 Å². The highest BCUT2D eigenvalue weighted by atomic mass is 127. The van der Waals surface area contributed by atoms with Crippen LogP contribution < -0.4 is 28.5 Å². The minimum Gasteiger partial charge on any atom is -1.00 e. The highest BCUT2D eigenvalue weighted by molar-refractivity contribution is 5.74. The number of hydrogen-bond donors (Lipinski definition) is 1. The highest BCUT2D eigenvalue weighted by Gasteiger charge is 2.02. The van der Waals surface area contributed by atoms with Gasteiger partial charge in [0.15, 0.2) is 6.20 Å². The summed E-state index contributed by atoms with van der Waals surface area (Å²) in [4.78, 5) is 0. The van der Waals surface area contributed by atoms with Crippen LogP contribution in [-0.2, 0) is 6.54 Å². The van der Waals surface area contributed by atoms with E-state index < -0.39 is 0 Å². The summed E-state index contributed by atoms with van der Waals surface area (Å²) in [5.74, 6) is 0. The number of rotatable bonds is 2. The molecule has 0 fully saturated rings. The Morgan fingerprint density at radius 2 is 2.33 bits per heavy atom. The zero-order valence-corrected chi connectivity index (χ0v) is 8.97. The largest absolute Gasteiger partial charge is 1.00 e. The Labute approximate surface area is 88.7 Å². The van der Waals surface area contributed by atoms with Crippen LogP contribution >= 0.6 is 0 Å². The summed E-state index contributed by atoms with van der Waals surface area (Å²) in [5, 5.41) is 11.3. The first-order valence-corrected chi connectivity index (χ1v) is 3.54. The summed E-state index contributed by atoms with van der Waals surface area (Å²) < 4.78 is 1.99. The van der Waals surface area contributed by atoms with Gasteiger partial charge in [-0.3, -0.25) is 0 Å². The van der Waals surface area contributed by atoms with Crippen molar-refractivity contribution in [1.82, 2.24) is 0 Å². The highest BCUT2D eigenvalue weighted by Crippen LogP contribution is 1.86. The van der Waals surface area contributed by atoms with E-state index in [2.05, 4.69) is 5.16 Å². The molecule has 0 spiro atoms. The molecular formula is C8H11IN2O. The van der Waals surface area contributed by atoms with Gasteiger partial charge in [0.2, 0.25) is 5.69 Å². The summed E-state index contributed by atoms with van der Waals surface area (Å²) in [6, 6.07) is 5.74. The molecule has 12 heavy (non-hydrogen) atoms. The molecule has 0 radical (unpaired) electrons. The Morgan fingerprint density at radius 1 is 1.58 bits per heavy atom. The molecule has 66 valence electrons. The van der Waals surface area contributed by atoms with E-state index >= 15 is 0 Å². The number of aryl methyl sites for hydroxylation is 1. The van der Waals surface area contributed by atoms with Crippen LogP contribution in [-0.4, -0.2) is 11.4 Å². The quantitative estimate of drug-likeness (QED) is 0.215. The van der Waals surface area contributed by atoms with Gasteiger partial charge in [-0.25, -0.2) is 0 Å². The van der Waals surface area contributed by atoms with Crippen molar-refractivity contribution in [1.29, 1.82) is 0 Å². The smallest absolute Gasteiger partial charge is 0.227 e. The zero-order valence-electron chi connectivity index (χ0n) is 6.81. The molecular weight excluding hydrogens is 267 g/mol.